The van der Waals surface area contributed by atoms with E-state index in [0.29, 0.717) is 15.6 Å². The molecular weight excluding hydrogens is 323 g/mol. The molecule has 0 amide bonds. The largest absolute Gasteiger partial charge is 0.250 e. The molecule has 0 bridgehead atoms. The minimum atomic E-state index is -0.293. The molecule has 1 heterocycles. The molecule has 0 atom stereocenters. The Morgan fingerprint density at radius 3 is 2.50 bits per heavy atom. The summed E-state index contributed by atoms with van der Waals surface area (Å²) in [6.07, 6.45) is 1.59. The lowest BCUT2D eigenvalue weighted by Crippen LogP contribution is -1.95. The second-order valence-corrected chi connectivity index (χ2v) is 5.29. The normalized spacial score (nSPS) is 11.2. The molecule has 0 spiro atoms. The highest BCUT2D eigenvalue weighted by Gasteiger charge is 2.07. The van der Waals surface area contributed by atoms with E-state index in [1.165, 1.54) is 16.8 Å². The summed E-state index contributed by atoms with van der Waals surface area (Å²) in [5.41, 5.74) is 1.58. The Bertz CT molecular complexity index is 866. The van der Waals surface area contributed by atoms with Gasteiger partial charge in [-0.15, -0.1) is 0 Å². The van der Waals surface area contributed by atoms with Crippen molar-refractivity contribution in [2.75, 3.05) is 0 Å². The molecule has 2 aromatic carbocycles. The van der Waals surface area contributed by atoms with E-state index in [0.717, 1.165) is 11.1 Å². The van der Waals surface area contributed by atoms with Gasteiger partial charge in [0.15, 0.2) is 5.82 Å². The SMILES string of the molecule is Fc1ccc(C=Nn2c(-c3ccc(Cl)cc3)n[nH]c2=S)cc1. The van der Waals surface area contributed by atoms with Crippen LogP contribution >= 0.6 is 23.8 Å². The third-order valence-corrected chi connectivity index (χ3v) is 3.46. The van der Waals surface area contributed by atoms with Crippen molar-refractivity contribution in [1.82, 2.24) is 14.9 Å². The quantitative estimate of drug-likeness (QED) is 0.574. The summed E-state index contributed by atoms with van der Waals surface area (Å²) in [5, 5.41) is 11.8. The van der Waals surface area contributed by atoms with Crippen molar-refractivity contribution in [2.45, 2.75) is 0 Å². The predicted molar refractivity (Wildman–Crippen MR) is 87.2 cm³/mol. The van der Waals surface area contributed by atoms with Crippen molar-refractivity contribution in [1.29, 1.82) is 0 Å². The zero-order valence-corrected chi connectivity index (χ0v) is 12.8. The lowest BCUT2D eigenvalue weighted by Gasteiger charge is -2.01. The molecule has 0 fully saturated rings. The molecule has 3 aromatic rings. The summed E-state index contributed by atoms with van der Waals surface area (Å²) in [6, 6.07) is 13.2. The standard InChI is InChI=1S/C15H10ClFN4S/c16-12-5-3-11(4-6-12)14-19-20-15(22)21(14)18-9-10-1-7-13(17)8-2-10/h1-9H,(H,20,22). The minimum Gasteiger partial charge on any atom is -0.250 e. The Labute approximate surface area is 135 Å². The average Bonchev–Trinajstić information content (AvgIpc) is 2.89. The van der Waals surface area contributed by atoms with E-state index in [-0.39, 0.29) is 5.82 Å². The minimum absolute atomic E-state index is 0.293. The Balaban J connectivity index is 1.97. The first-order valence-electron chi connectivity index (χ1n) is 6.37. The molecule has 0 unspecified atom stereocenters. The maximum atomic E-state index is 12.9. The summed E-state index contributed by atoms with van der Waals surface area (Å²) >= 11 is 11.1. The Hall–Kier alpha value is -2.31. The van der Waals surface area contributed by atoms with Gasteiger partial charge in [-0.25, -0.2) is 9.49 Å². The fraction of sp³-hybridized carbons (Fsp3) is 0. The first-order valence-corrected chi connectivity index (χ1v) is 7.15. The van der Waals surface area contributed by atoms with Crippen molar-refractivity contribution >= 4 is 30.0 Å². The molecule has 22 heavy (non-hydrogen) atoms. The van der Waals surface area contributed by atoms with E-state index < -0.39 is 0 Å². The number of hydrogen-bond acceptors (Lipinski definition) is 3. The number of H-pyrrole nitrogens is 1. The van der Waals surface area contributed by atoms with Crippen molar-refractivity contribution < 1.29 is 4.39 Å². The van der Waals surface area contributed by atoms with E-state index in [2.05, 4.69) is 15.3 Å². The van der Waals surface area contributed by atoms with E-state index in [9.17, 15) is 4.39 Å². The van der Waals surface area contributed by atoms with Crippen LogP contribution in [0.25, 0.3) is 11.4 Å². The molecule has 1 N–H and O–H groups in total. The van der Waals surface area contributed by atoms with Crippen LogP contribution in [-0.4, -0.2) is 21.1 Å². The first kappa shape index (κ1) is 14.6. The van der Waals surface area contributed by atoms with Crippen LogP contribution in [0.2, 0.25) is 5.02 Å². The van der Waals surface area contributed by atoms with Crippen LogP contribution in [-0.2, 0) is 0 Å². The van der Waals surface area contributed by atoms with Gasteiger partial charge in [-0.05, 0) is 54.2 Å². The fourth-order valence-electron chi connectivity index (χ4n) is 1.86. The second-order valence-electron chi connectivity index (χ2n) is 4.47. The third-order valence-electron chi connectivity index (χ3n) is 2.95. The molecular formula is C15H10ClFN4S. The topological polar surface area (TPSA) is 46.0 Å². The lowest BCUT2D eigenvalue weighted by atomic mass is 10.2. The van der Waals surface area contributed by atoms with Crippen LogP contribution in [0, 0.1) is 10.6 Å². The maximum Gasteiger partial charge on any atom is 0.216 e. The van der Waals surface area contributed by atoms with Crippen LogP contribution < -0.4 is 0 Å². The Morgan fingerprint density at radius 2 is 1.82 bits per heavy atom. The number of aromatic amines is 1. The average molecular weight is 333 g/mol. The number of benzene rings is 2. The van der Waals surface area contributed by atoms with Gasteiger partial charge in [0.1, 0.15) is 5.82 Å². The fourth-order valence-corrected chi connectivity index (χ4v) is 2.16. The molecule has 0 saturated carbocycles. The van der Waals surface area contributed by atoms with Crippen LogP contribution in [0.4, 0.5) is 4.39 Å². The predicted octanol–water partition coefficient (Wildman–Crippen LogP) is 4.28. The Kier molecular flexibility index (Phi) is 4.13. The van der Waals surface area contributed by atoms with Crippen molar-refractivity contribution in [3.63, 3.8) is 0 Å². The summed E-state index contributed by atoms with van der Waals surface area (Å²) in [5.74, 6) is 0.277. The molecule has 0 aliphatic heterocycles. The van der Waals surface area contributed by atoms with Crippen LogP contribution in [0.1, 0.15) is 5.56 Å². The summed E-state index contributed by atoms with van der Waals surface area (Å²) in [4.78, 5) is 0. The number of nitrogens with zero attached hydrogens (tertiary/aromatic N) is 3. The van der Waals surface area contributed by atoms with Gasteiger partial charge >= 0.3 is 0 Å². The number of nitrogens with one attached hydrogen (secondary N) is 1. The second kappa shape index (κ2) is 6.21. The van der Waals surface area contributed by atoms with Crippen LogP contribution in [0.3, 0.4) is 0 Å². The van der Waals surface area contributed by atoms with Crippen molar-refractivity contribution in [3.8, 4) is 11.4 Å². The lowest BCUT2D eigenvalue weighted by molar-refractivity contribution is 0.628. The van der Waals surface area contributed by atoms with Crippen molar-refractivity contribution in [3.05, 3.63) is 69.7 Å². The molecule has 1 aromatic heterocycles. The summed E-state index contributed by atoms with van der Waals surface area (Å²) in [7, 11) is 0. The molecule has 0 radical (unpaired) electrons. The van der Waals surface area contributed by atoms with Gasteiger partial charge < -0.3 is 0 Å². The smallest absolute Gasteiger partial charge is 0.216 e. The van der Waals surface area contributed by atoms with Gasteiger partial charge in [-0.3, -0.25) is 0 Å². The number of hydrogen-bond donors (Lipinski definition) is 1. The van der Waals surface area contributed by atoms with E-state index in [4.69, 9.17) is 23.8 Å². The zero-order valence-electron chi connectivity index (χ0n) is 11.2. The number of halogens is 2. The van der Waals surface area contributed by atoms with E-state index in [1.807, 2.05) is 12.1 Å². The highest BCUT2D eigenvalue weighted by atomic mass is 35.5. The monoisotopic (exact) mass is 332 g/mol. The Morgan fingerprint density at radius 1 is 1.14 bits per heavy atom. The number of aromatic nitrogens is 3. The maximum absolute atomic E-state index is 12.9. The summed E-state index contributed by atoms with van der Waals surface area (Å²) in [6.45, 7) is 0. The number of rotatable bonds is 3. The summed E-state index contributed by atoms with van der Waals surface area (Å²) < 4.78 is 14.8. The van der Waals surface area contributed by atoms with Crippen molar-refractivity contribution in [2.24, 2.45) is 5.10 Å². The zero-order chi connectivity index (χ0) is 15.5. The van der Waals surface area contributed by atoms with Gasteiger partial charge in [0, 0.05) is 10.6 Å². The third kappa shape index (κ3) is 3.13. The van der Waals surface area contributed by atoms with Gasteiger partial charge in [0.2, 0.25) is 4.77 Å². The van der Waals surface area contributed by atoms with Gasteiger partial charge in [0.25, 0.3) is 0 Å². The van der Waals surface area contributed by atoms with E-state index >= 15 is 0 Å². The van der Waals surface area contributed by atoms with Gasteiger partial charge in [-0.2, -0.15) is 14.9 Å². The highest BCUT2D eigenvalue weighted by Crippen LogP contribution is 2.19. The molecule has 0 saturated heterocycles. The molecule has 110 valence electrons. The molecule has 7 heteroatoms. The highest BCUT2D eigenvalue weighted by molar-refractivity contribution is 7.71. The molecule has 0 aliphatic carbocycles. The van der Waals surface area contributed by atoms with Crippen LogP contribution in [0.15, 0.2) is 53.6 Å². The van der Waals surface area contributed by atoms with E-state index in [1.54, 1.807) is 30.5 Å². The molecule has 3 rings (SSSR count). The first-order chi connectivity index (χ1) is 10.6. The van der Waals surface area contributed by atoms with Gasteiger partial charge in [0.05, 0.1) is 6.21 Å². The van der Waals surface area contributed by atoms with Crippen LogP contribution in [0.5, 0.6) is 0 Å². The molecule has 0 aliphatic rings. The molecule has 4 nitrogen and oxygen atoms in total. The van der Waals surface area contributed by atoms with Gasteiger partial charge in [-0.1, -0.05) is 23.7 Å².